The fourth-order valence-corrected chi connectivity index (χ4v) is 3.42. The molecule has 7 heteroatoms. The summed E-state index contributed by atoms with van der Waals surface area (Å²) >= 11 is 0. The Morgan fingerprint density at radius 1 is 1.10 bits per heavy atom. The molecule has 3 rings (SSSR count). The van der Waals surface area contributed by atoms with E-state index in [0.717, 1.165) is 11.8 Å². The molecule has 0 aromatic heterocycles. The van der Waals surface area contributed by atoms with Gasteiger partial charge in [0, 0.05) is 29.9 Å². The van der Waals surface area contributed by atoms with Gasteiger partial charge in [0.15, 0.2) is 0 Å². The average Bonchev–Trinajstić information content (AvgIpc) is 2.71. The predicted octanol–water partition coefficient (Wildman–Crippen LogP) is 2.05. The highest BCUT2D eigenvalue weighted by molar-refractivity contribution is 5.74. The number of hydrogen-bond donors (Lipinski definition) is 4. The van der Waals surface area contributed by atoms with E-state index < -0.39 is 0 Å². The number of hydrogen-bond acceptors (Lipinski definition) is 7. The molecule has 2 aromatic carbocycles. The van der Waals surface area contributed by atoms with Crippen molar-refractivity contribution in [2.45, 2.75) is 19.1 Å². The van der Waals surface area contributed by atoms with E-state index in [1.165, 1.54) is 0 Å². The molecule has 0 radical (unpaired) electrons. The Morgan fingerprint density at radius 3 is 2.41 bits per heavy atom. The molecule has 29 heavy (non-hydrogen) atoms. The molecule has 1 aliphatic rings. The summed E-state index contributed by atoms with van der Waals surface area (Å²) in [6, 6.07) is 14.1. The number of phenols is 1. The van der Waals surface area contributed by atoms with Crippen molar-refractivity contribution in [2.24, 2.45) is 17.2 Å². The fraction of sp³-hybridized carbons (Fsp3) is 0.227. The Labute approximate surface area is 170 Å². The van der Waals surface area contributed by atoms with Crippen LogP contribution in [0, 0.1) is 0 Å². The van der Waals surface area contributed by atoms with Crippen molar-refractivity contribution in [3.63, 3.8) is 0 Å². The molecule has 0 spiro atoms. The van der Waals surface area contributed by atoms with Gasteiger partial charge in [-0.1, -0.05) is 36.4 Å². The largest absolute Gasteiger partial charge is 0.507 e. The second-order valence-electron chi connectivity index (χ2n) is 7.08. The van der Waals surface area contributed by atoms with E-state index in [9.17, 15) is 9.90 Å². The smallest absolute Gasteiger partial charge is 0.150 e. The van der Waals surface area contributed by atoms with E-state index in [-0.39, 0.29) is 23.8 Å². The van der Waals surface area contributed by atoms with Crippen LogP contribution in [-0.4, -0.2) is 35.5 Å². The van der Waals surface area contributed by atoms with Gasteiger partial charge in [0.1, 0.15) is 24.0 Å². The van der Waals surface area contributed by atoms with E-state index in [0.29, 0.717) is 35.6 Å². The molecule has 0 saturated carbocycles. The number of rotatable bonds is 5. The highest BCUT2D eigenvalue weighted by atomic mass is 16.5. The van der Waals surface area contributed by atoms with Crippen LogP contribution in [0.15, 0.2) is 66.1 Å². The Hall–Kier alpha value is -3.45. The standard InChI is InChI=1S/C22H26N4O3/c1-14-11-26(12-21(29-14)16-8-6-15(13-27)7-9-16)19(22(24)25)10-18(23)17-4-2-3-5-20(17)28/h2-10,13-14,21,28H,11-12,23-25H2,1H3/b18-10-. The van der Waals surface area contributed by atoms with E-state index in [2.05, 4.69) is 0 Å². The Bertz CT molecular complexity index is 933. The van der Waals surface area contributed by atoms with Crippen LogP contribution in [0.2, 0.25) is 0 Å². The van der Waals surface area contributed by atoms with Crippen molar-refractivity contribution in [3.05, 3.63) is 82.8 Å². The molecule has 7 N–H and O–H groups in total. The Balaban J connectivity index is 1.88. The molecule has 1 saturated heterocycles. The average molecular weight is 394 g/mol. The second kappa shape index (κ2) is 8.70. The molecule has 1 fully saturated rings. The molecule has 0 aliphatic carbocycles. The van der Waals surface area contributed by atoms with E-state index >= 15 is 0 Å². The zero-order valence-electron chi connectivity index (χ0n) is 16.3. The molecular weight excluding hydrogens is 368 g/mol. The van der Waals surface area contributed by atoms with Crippen LogP contribution in [0.4, 0.5) is 0 Å². The zero-order valence-corrected chi connectivity index (χ0v) is 16.3. The molecule has 2 unspecified atom stereocenters. The molecule has 7 nitrogen and oxygen atoms in total. The number of nitrogens with zero attached hydrogens (tertiary/aromatic N) is 1. The number of carbonyl (C=O) groups is 1. The first-order valence-electron chi connectivity index (χ1n) is 9.35. The third-order valence-electron chi connectivity index (χ3n) is 4.85. The van der Waals surface area contributed by atoms with Crippen molar-refractivity contribution in [1.29, 1.82) is 0 Å². The lowest BCUT2D eigenvalue weighted by Crippen LogP contribution is -2.43. The number of phenolic OH excluding ortho intramolecular Hbond substituents is 1. The summed E-state index contributed by atoms with van der Waals surface area (Å²) in [5.41, 5.74) is 21.2. The van der Waals surface area contributed by atoms with Crippen LogP contribution < -0.4 is 17.2 Å². The van der Waals surface area contributed by atoms with Gasteiger partial charge in [0.05, 0.1) is 11.8 Å². The van der Waals surface area contributed by atoms with Crippen LogP contribution in [0.1, 0.15) is 34.5 Å². The quantitative estimate of drug-likeness (QED) is 0.451. The Kier molecular flexibility index (Phi) is 6.09. The second-order valence-corrected chi connectivity index (χ2v) is 7.08. The van der Waals surface area contributed by atoms with Crippen LogP contribution in [0.25, 0.3) is 5.70 Å². The number of morpholine rings is 1. The topological polar surface area (TPSA) is 128 Å². The van der Waals surface area contributed by atoms with E-state index in [1.54, 1.807) is 42.5 Å². The predicted molar refractivity (Wildman–Crippen MR) is 112 cm³/mol. The lowest BCUT2D eigenvalue weighted by atomic mass is 10.0. The number of para-hydroxylation sites is 1. The third-order valence-corrected chi connectivity index (χ3v) is 4.85. The monoisotopic (exact) mass is 394 g/mol. The molecule has 152 valence electrons. The van der Waals surface area contributed by atoms with Gasteiger partial charge < -0.3 is 31.9 Å². The number of allylic oxidation sites excluding steroid dienone is 1. The normalized spacial score (nSPS) is 19.6. The van der Waals surface area contributed by atoms with Gasteiger partial charge in [-0.05, 0) is 30.7 Å². The summed E-state index contributed by atoms with van der Waals surface area (Å²) in [4.78, 5) is 12.9. The van der Waals surface area contributed by atoms with Gasteiger partial charge in [-0.25, -0.2) is 0 Å². The summed E-state index contributed by atoms with van der Waals surface area (Å²) in [5.74, 6) is 0.215. The molecule has 2 atom stereocenters. The lowest BCUT2D eigenvalue weighted by Gasteiger charge is -2.39. The van der Waals surface area contributed by atoms with E-state index in [4.69, 9.17) is 21.9 Å². The van der Waals surface area contributed by atoms with Crippen LogP contribution in [0.3, 0.4) is 0 Å². The van der Waals surface area contributed by atoms with Gasteiger partial charge in [-0.2, -0.15) is 0 Å². The van der Waals surface area contributed by atoms with Crippen molar-refractivity contribution in [3.8, 4) is 5.75 Å². The maximum Gasteiger partial charge on any atom is 0.150 e. The summed E-state index contributed by atoms with van der Waals surface area (Å²) < 4.78 is 6.09. The van der Waals surface area contributed by atoms with Crippen LogP contribution >= 0.6 is 0 Å². The van der Waals surface area contributed by atoms with Crippen molar-refractivity contribution in [2.75, 3.05) is 13.1 Å². The summed E-state index contributed by atoms with van der Waals surface area (Å²) in [6.45, 7) is 3.07. The molecule has 1 heterocycles. The number of carbonyl (C=O) groups excluding carboxylic acids is 1. The minimum atomic E-state index is -0.214. The Morgan fingerprint density at radius 2 is 1.79 bits per heavy atom. The first kappa shape index (κ1) is 20.3. The SMILES string of the molecule is CC1CN(C(/C=C(\N)c2ccccc2O)=C(N)N)CC(c2ccc(C=O)cc2)O1. The third kappa shape index (κ3) is 4.70. The van der Waals surface area contributed by atoms with E-state index in [1.807, 2.05) is 24.0 Å². The minimum Gasteiger partial charge on any atom is -0.507 e. The summed E-state index contributed by atoms with van der Waals surface area (Å²) in [7, 11) is 0. The number of aldehydes is 1. The first-order chi connectivity index (χ1) is 13.9. The van der Waals surface area contributed by atoms with Gasteiger partial charge in [0.25, 0.3) is 0 Å². The summed E-state index contributed by atoms with van der Waals surface area (Å²) in [6.07, 6.45) is 2.19. The van der Waals surface area contributed by atoms with Crippen LogP contribution in [-0.2, 0) is 4.74 Å². The maximum absolute atomic E-state index is 10.9. The van der Waals surface area contributed by atoms with Crippen LogP contribution in [0.5, 0.6) is 5.75 Å². The minimum absolute atomic E-state index is 0.0754. The van der Waals surface area contributed by atoms with Crippen molar-refractivity contribution >= 4 is 12.0 Å². The fourth-order valence-electron chi connectivity index (χ4n) is 3.42. The van der Waals surface area contributed by atoms with Crippen molar-refractivity contribution in [1.82, 2.24) is 4.90 Å². The van der Waals surface area contributed by atoms with Crippen molar-refractivity contribution < 1.29 is 14.6 Å². The number of benzene rings is 2. The first-order valence-corrected chi connectivity index (χ1v) is 9.35. The molecule has 2 aromatic rings. The molecular formula is C22H26N4O3. The number of nitrogens with two attached hydrogens (primary N) is 3. The number of ether oxygens (including phenoxy) is 1. The van der Waals surface area contributed by atoms with Gasteiger partial charge >= 0.3 is 0 Å². The summed E-state index contributed by atoms with van der Waals surface area (Å²) in [5, 5.41) is 10.1. The highest BCUT2D eigenvalue weighted by Crippen LogP contribution is 2.29. The van der Waals surface area contributed by atoms with Gasteiger partial charge in [-0.3, -0.25) is 4.79 Å². The highest BCUT2D eigenvalue weighted by Gasteiger charge is 2.28. The molecule has 1 aliphatic heterocycles. The zero-order chi connectivity index (χ0) is 21.0. The molecule has 0 amide bonds. The molecule has 0 bridgehead atoms. The van der Waals surface area contributed by atoms with Gasteiger partial charge in [0.2, 0.25) is 0 Å². The number of aromatic hydroxyl groups is 1. The maximum atomic E-state index is 10.9. The lowest BCUT2D eigenvalue weighted by molar-refractivity contribution is -0.0683. The van der Waals surface area contributed by atoms with Gasteiger partial charge in [-0.15, -0.1) is 0 Å².